The quantitative estimate of drug-likeness (QED) is 0.884. The highest BCUT2D eigenvalue weighted by molar-refractivity contribution is 5.63. The molecule has 0 unspecified atom stereocenters. The molecule has 0 spiro atoms. The predicted molar refractivity (Wildman–Crippen MR) is 87.4 cm³/mol. The number of methoxy groups -OCH3 is 1. The zero-order chi connectivity index (χ0) is 15.2. The van der Waals surface area contributed by atoms with E-state index in [2.05, 4.69) is 41.2 Å². The molecule has 21 heavy (non-hydrogen) atoms. The van der Waals surface area contributed by atoms with E-state index in [1.165, 1.54) is 5.56 Å². The molecule has 0 amide bonds. The van der Waals surface area contributed by atoms with E-state index in [-0.39, 0.29) is 0 Å². The van der Waals surface area contributed by atoms with Gasteiger partial charge in [0.25, 0.3) is 0 Å². The van der Waals surface area contributed by atoms with Gasteiger partial charge in [0.05, 0.1) is 7.11 Å². The van der Waals surface area contributed by atoms with Crippen molar-refractivity contribution in [1.82, 2.24) is 10.3 Å². The van der Waals surface area contributed by atoms with Crippen LogP contribution in [0, 0.1) is 6.92 Å². The summed E-state index contributed by atoms with van der Waals surface area (Å²) in [4.78, 5) is 6.69. The summed E-state index contributed by atoms with van der Waals surface area (Å²) in [6.45, 7) is 6.01. The van der Waals surface area contributed by atoms with Crippen LogP contribution >= 0.6 is 0 Å². The maximum atomic E-state index is 5.28. The lowest BCUT2D eigenvalue weighted by molar-refractivity contribution is 0.415. The third-order valence-corrected chi connectivity index (χ3v) is 3.44. The predicted octanol–water partition coefficient (Wildman–Crippen LogP) is 3.28. The van der Waals surface area contributed by atoms with Crippen LogP contribution in [0.5, 0.6) is 5.75 Å². The Hall–Kier alpha value is -2.07. The van der Waals surface area contributed by atoms with Crippen LogP contribution in [0.1, 0.15) is 18.1 Å². The Morgan fingerprint density at radius 1 is 1.29 bits per heavy atom. The molecule has 2 rings (SSSR count). The summed E-state index contributed by atoms with van der Waals surface area (Å²) >= 11 is 0. The lowest BCUT2D eigenvalue weighted by Crippen LogP contribution is -2.15. The molecule has 112 valence electrons. The van der Waals surface area contributed by atoms with Crippen molar-refractivity contribution in [3.05, 3.63) is 47.7 Å². The fourth-order valence-corrected chi connectivity index (χ4v) is 2.28. The van der Waals surface area contributed by atoms with Crippen molar-refractivity contribution in [2.45, 2.75) is 20.4 Å². The largest absolute Gasteiger partial charge is 0.497 e. The van der Waals surface area contributed by atoms with Gasteiger partial charge in [0.15, 0.2) is 0 Å². The Morgan fingerprint density at radius 3 is 2.76 bits per heavy atom. The second kappa shape index (κ2) is 7.09. The molecule has 0 fully saturated rings. The molecule has 0 saturated heterocycles. The number of aromatic nitrogens is 1. The number of ether oxygens (including phenoxy) is 1. The van der Waals surface area contributed by atoms with Gasteiger partial charge in [-0.25, -0.2) is 4.98 Å². The summed E-state index contributed by atoms with van der Waals surface area (Å²) in [6.07, 6.45) is 1.93. The first kappa shape index (κ1) is 15.3. The SMILES string of the molecule is CCNCc1cnc(N(C)c2cccc(OC)c2)c(C)c1. The minimum absolute atomic E-state index is 0.848. The molecule has 1 aromatic heterocycles. The van der Waals surface area contributed by atoms with Crippen LogP contribution in [0.25, 0.3) is 0 Å². The Balaban J connectivity index is 2.24. The number of benzene rings is 1. The Morgan fingerprint density at radius 2 is 2.10 bits per heavy atom. The normalized spacial score (nSPS) is 10.5. The van der Waals surface area contributed by atoms with E-state index in [1.54, 1.807) is 7.11 Å². The van der Waals surface area contributed by atoms with Crippen LogP contribution in [0.15, 0.2) is 36.5 Å². The molecule has 0 saturated carbocycles. The highest BCUT2D eigenvalue weighted by Crippen LogP contribution is 2.27. The first-order valence-corrected chi connectivity index (χ1v) is 7.19. The Labute approximate surface area is 126 Å². The standard InChI is InChI=1S/C17H23N3O/c1-5-18-11-14-9-13(2)17(19-12-14)20(3)15-7-6-8-16(10-15)21-4/h6-10,12,18H,5,11H2,1-4H3. The molecule has 0 atom stereocenters. The number of rotatable bonds is 6. The van der Waals surface area contributed by atoms with E-state index in [0.717, 1.165) is 35.9 Å². The smallest absolute Gasteiger partial charge is 0.135 e. The number of hydrogen-bond acceptors (Lipinski definition) is 4. The van der Waals surface area contributed by atoms with Crippen LogP contribution in [0.4, 0.5) is 11.5 Å². The monoisotopic (exact) mass is 285 g/mol. The molecule has 1 N–H and O–H groups in total. The Bertz CT molecular complexity index is 598. The van der Waals surface area contributed by atoms with Gasteiger partial charge in [-0.15, -0.1) is 0 Å². The first-order chi connectivity index (χ1) is 10.2. The molecule has 0 bridgehead atoms. The number of nitrogens with zero attached hydrogens (tertiary/aromatic N) is 2. The third-order valence-electron chi connectivity index (χ3n) is 3.44. The molecule has 0 radical (unpaired) electrons. The zero-order valence-corrected chi connectivity index (χ0v) is 13.2. The fraction of sp³-hybridized carbons (Fsp3) is 0.353. The van der Waals surface area contributed by atoms with Crippen molar-refractivity contribution in [2.75, 3.05) is 25.6 Å². The van der Waals surface area contributed by atoms with Gasteiger partial charge >= 0.3 is 0 Å². The summed E-state index contributed by atoms with van der Waals surface area (Å²) < 4.78 is 5.28. The highest BCUT2D eigenvalue weighted by Gasteiger charge is 2.10. The fourth-order valence-electron chi connectivity index (χ4n) is 2.28. The van der Waals surface area contributed by atoms with Gasteiger partial charge in [0, 0.05) is 31.5 Å². The minimum atomic E-state index is 0.848. The van der Waals surface area contributed by atoms with Gasteiger partial charge in [-0.05, 0) is 42.8 Å². The number of aryl methyl sites for hydroxylation is 1. The molecule has 4 heteroatoms. The van der Waals surface area contributed by atoms with E-state index in [1.807, 2.05) is 31.4 Å². The summed E-state index contributed by atoms with van der Waals surface area (Å²) in [5.74, 6) is 1.81. The Kier molecular flexibility index (Phi) is 5.17. The average Bonchev–Trinajstić information content (AvgIpc) is 2.52. The van der Waals surface area contributed by atoms with Crippen LogP contribution in [0.3, 0.4) is 0 Å². The molecular formula is C17H23N3O. The molecule has 4 nitrogen and oxygen atoms in total. The van der Waals surface area contributed by atoms with Crippen LogP contribution < -0.4 is 15.0 Å². The van der Waals surface area contributed by atoms with Crippen molar-refractivity contribution in [2.24, 2.45) is 0 Å². The molecule has 0 aliphatic rings. The van der Waals surface area contributed by atoms with E-state index in [0.29, 0.717) is 0 Å². The number of nitrogens with one attached hydrogen (secondary N) is 1. The third kappa shape index (κ3) is 3.73. The summed E-state index contributed by atoms with van der Waals surface area (Å²) in [5.41, 5.74) is 3.43. The van der Waals surface area contributed by atoms with Gasteiger partial charge in [-0.1, -0.05) is 13.0 Å². The second-order valence-corrected chi connectivity index (χ2v) is 5.02. The van der Waals surface area contributed by atoms with E-state index < -0.39 is 0 Å². The van der Waals surface area contributed by atoms with Crippen molar-refractivity contribution >= 4 is 11.5 Å². The van der Waals surface area contributed by atoms with Gasteiger partial charge < -0.3 is 15.0 Å². The van der Waals surface area contributed by atoms with Crippen molar-refractivity contribution in [1.29, 1.82) is 0 Å². The molecule has 1 aromatic carbocycles. The van der Waals surface area contributed by atoms with Gasteiger partial charge in [-0.2, -0.15) is 0 Å². The molecule has 1 heterocycles. The molecule has 0 aliphatic carbocycles. The first-order valence-electron chi connectivity index (χ1n) is 7.19. The van der Waals surface area contributed by atoms with Crippen LogP contribution in [-0.2, 0) is 6.54 Å². The van der Waals surface area contributed by atoms with Crippen molar-refractivity contribution < 1.29 is 4.74 Å². The van der Waals surface area contributed by atoms with E-state index in [4.69, 9.17) is 4.74 Å². The molecule has 0 aliphatic heterocycles. The highest BCUT2D eigenvalue weighted by atomic mass is 16.5. The number of hydrogen-bond donors (Lipinski definition) is 1. The zero-order valence-electron chi connectivity index (χ0n) is 13.2. The average molecular weight is 285 g/mol. The van der Waals surface area contributed by atoms with E-state index in [9.17, 15) is 0 Å². The van der Waals surface area contributed by atoms with Gasteiger partial charge in [-0.3, -0.25) is 0 Å². The van der Waals surface area contributed by atoms with Gasteiger partial charge in [0.2, 0.25) is 0 Å². The molecular weight excluding hydrogens is 262 g/mol. The van der Waals surface area contributed by atoms with Crippen LogP contribution in [0.2, 0.25) is 0 Å². The summed E-state index contributed by atoms with van der Waals surface area (Å²) in [5, 5.41) is 3.32. The maximum Gasteiger partial charge on any atom is 0.135 e. The lowest BCUT2D eigenvalue weighted by atomic mass is 10.2. The summed E-state index contributed by atoms with van der Waals surface area (Å²) in [7, 11) is 3.70. The topological polar surface area (TPSA) is 37.4 Å². The lowest BCUT2D eigenvalue weighted by Gasteiger charge is -2.21. The van der Waals surface area contributed by atoms with Gasteiger partial charge in [0.1, 0.15) is 11.6 Å². The molecule has 2 aromatic rings. The van der Waals surface area contributed by atoms with E-state index >= 15 is 0 Å². The number of anilines is 2. The van der Waals surface area contributed by atoms with Crippen molar-refractivity contribution in [3.63, 3.8) is 0 Å². The van der Waals surface area contributed by atoms with Crippen molar-refractivity contribution in [3.8, 4) is 5.75 Å². The number of pyridine rings is 1. The minimum Gasteiger partial charge on any atom is -0.497 e. The maximum absolute atomic E-state index is 5.28. The second-order valence-electron chi connectivity index (χ2n) is 5.02. The van der Waals surface area contributed by atoms with Crippen LogP contribution in [-0.4, -0.2) is 25.7 Å². The summed E-state index contributed by atoms with van der Waals surface area (Å²) in [6, 6.07) is 10.2.